The highest BCUT2D eigenvalue weighted by Gasteiger charge is 2.13. The third kappa shape index (κ3) is 3.27. The lowest BCUT2D eigenvalue weighted by Gasteiger charge is -2.09. The van der Waals surface area contributed by atoms with Gasteiger partial charge in [0.15, 0.2) is 0 Å². The van der Waals surface area contributed by atoms with Crippen LogP contribution in [0, 0.1) is 6.92 Å². The molecule has 0 bridgehead atoms. The number of sulfonamides is 1. The van der Waals surface area contributed by atoms with Crippen molar-refractivity contribution in [3.05, 3.63) is 66.2 Å². The van der Waals surface area contributed by atoms with Crippen molar-refractivity contribution in [3.8, 4) is 0 Å². The van der Waals surface area contributed by atoms with Crippen molar-refractivity contribution in [2.24, 2.45) is 0 Å². The number of hydrogen-bond donors (Lipinski definition) is 1. The fourth-order valence-electron chi connectivity index (χ4n) is 1.78. The van der Waals surface area contributed by atoms with Crippen LogP contribution < -0.4 is 4.72 Å². The molecule has 0 radical (unpaired) electrons. The Morgan fingerprint density at radius 3 is 2.35 bits per heavy atom. The molecule has 0 unspecified atom stereocenters. The van der Waals surface area contributed by atoms with E-state index in [-0.39, 0.29) is 4.90 Å². The van der Waals surface area contributed by atoms with Gasteiger partial charge in [0.05, 0.1) is 4.90 Å². The molecule has 3 nitrogen and oxygen atoms in total. The lowest BCUT2D eigenvalue weighted by molar-refractivity contribution is 0.601. The Morgan fingerprint density at radius 2 is 1.75 bits per heavy atom. The van der Waals surface area contributed by atoms with E-state index in [2.05, 4.69) is 11.3 Å². The second-order valence-corrected chi connectivity index (χ2v) is 6.46. The van der Waals surface area contributed by atoms with Crippen molar-refractivity contribution >= 4 is 21.3 Å². The van der Waals surface area contributed by atoms with Crippen molar-refractivity contribution in [2.45, 2.75) is 18.7 Å². The monoisotopic (exact) mass is 287 g/mol. The Kier molecular flexibility index (Phi) is 3.95. The molecule has 1 N–H and O–H groups in total. The van der Waals surface area contributed by atoms with Gasteiger partial charge >= 0.3 is 0 Å². The minimum absolute atomic E-state index is 0.254. The Labute approximate surface area is 120 Å². The first-order chi connectivity index (χ1) is 9.38. The largest absolute Gasteiger partial charge is 0.280 e. The first kappa shape index (κ1) is 14.3. The molecule has 4 heteroatoms. The Morgan fingerprint density at radius 1 is 1.10 bits per heavy atom. The van der Waals surface area contributed by atoms with Crippen LogP contribution in [0.25, 0.3) is 5.57 Å². The predicted octanol–water partition coefficient (Wildman–Crippen LogP) is 3.83. The van der Waals surface area contributed by atoms with Gasteiger partial charge < -0.3 is 0 Å². The highest BCUT2D eigenvalue weighted by Crippen LogP contribution is 2.20. The maximum atomic E-state index is 12.3. The van der Waals surface area contributed by atoms with Crippen molar-refractivity contribution < 1.29 is 8.42 Å². The minimum atomic E-state index is -3.55. The SMILES string of the molecule is C=C(C)c1cccc(NS(=O)(=O)c2ccc(C)cc2)c1. The van der Waals surface area contributed by atoms with Gasteiger partial charge in [-0.15, -0.1) is 0 Å². The van der Waals surface area contributed by atoms with Gasteiger partial charge in [0.1, 0.15) is 0 Å². The van der Waals surface area contributed by atoms with Crippen molar-refractivity contribution in [1.29, 1.82) is 0 Å². The predicted molar refractivity (Wildman–Crippen MR) is 83.1 cm³/mol. The summed E-state index contributed by atoms with van der Waals surface area (Å²) in [4.78, 5) is 0.254. The van der Waals surface area contributed by atoms with Crippen LogP contribution in [0.15, 0.2) is 60.0 Å². The van der Waals surface area contributed by atoms with Gasteiger partial charge in [-0.05, 0) is 43.7 Å². The van der Waals surface area contributed by atoms with Crippen LogP contribution in [-0.2, 0) is 10.0 Å². The summed E-state index contributed by atoms with van der Waals surface area (Å²) < 4.78 is 27.1. The third-order valence-corrected chi connectivity index (χ3v) is 4.34. The Hall–Kier alpha value is -2.07. The van der Waals surface area contributed by atoms with Crippen molar-refractivity contribution in [2.75, 3.05) is 4.72 Å². The number of anilines is 1. The number of nitrogens with one attached hydrogen (secondary N) is 1. The van der Waals surface area contributed by atoms with Crippen LogP contribution in [0.1, 0.15) is 18.1 Å². The smallest absolute Gasteiger partial charge is 0.261 e. The first-order valence-electron chi connectivity index (χ1n) is 6.24. The van der Waals surface area contributed by atoms with Gasteiger partial charge in [0.25, 0.3) is 10.0 Å². The summed E-state index contributed by atoms with van der Waals surface area (Å²) in [5.41, 5.74) is 3.36. The minimum Gasteiger partial charge on any atom is -0.280 e. The number of aryl methyl sites for hydroxylation is 1. The molecule has 2 rings (SSSR count). The quantitative estimate of drug-likeness (QED) is 0.929. The average molecular weight is 287 g/mol. The zero-order chi connectivity index (χ0) is 14.8. The molecule has 0 aliphatic rings. The molecule has 0 saturated carbocycles. The fraction of sp³-hybridized carbons (Fsp3) is 0.125. The molecule has 2 aromatic carbocycles. The maximum absolute atomic E-state index is 12.3. The van der Waals surface area contributed by atoms with Crippen LogP contribution in [-0.4, -0.2) is 8.42 Å². The van der Waals surface area contributed by atoms with Gasteiger partial charge in [-0.2, -0.15) is 0 Å². The van der Waals surface area contributed by atoms with Gasteiger partial charge in [-0.1, -0.05) is 42.0 Å². The molecule has 0 heterocycles. The highest BCUT2D eigenvalue weighted by molar-refractivity contribution is 7.92. The van der Waals surface area contributed by atoms with Gasteiger partial charge in [-0.3, -0.25) is 4.72 Å². The van der Waals surface area contributed by atoms with Gasteiger partial charge in [0, 0.05) is 5.69 Å². The van der Waals surface area contributed by atoms with Crippen molar-refractivity contribution in [3.63, 3.8) is 0 Å². The summed E-state index contributed by atoms with van der Waals surface area (Å²) in [6.07, 6.45) is 0. The molecular weight excluding hydrogens is 270 g/mol. The zero-order valence-electron chi connectivity index (χ0n) is 11.6. The molecule has 0 aliphatic heterocycles. The molecule has 20 heavy (non-hydrogen) atoms. The second kappa shape index (κ2) is 5.51. The van der Waals surface area contributed by atoms with Crippen molar-refractivity contribution in [1.82, 2.24) is 0 Å². The van der Waals surface area contributed by atoms with Crippen LogP contribution >= 0.6 is 0 Å². The topological polar surface area (TPSA) is 46.2 Å². The van der Waals surface area contributed by atoms with E-state index in [1.165, 1.54) is 0 Å². The summed E-state index contributed by atoms with van der Waals surface area (Å²) >= 11 is 0. The molecule has 0 saturated heterocycles. The molecule has 0 atom stereocenters. The van der Waals surface area contributed by atoms with E-state index < -0.39 is 10.0 Å². The van der Waals surface area contributed by atoms with E-state index in [1.54, 1.807) is 42.5 Å². The van der Waals surface area contributed by atoms with E-state index in [1.807, 2.05) is 19.9 Å². The summed E-state index contributed by atoms with van der Waals surface area (Å²) in [6, 6.07) is 13.9. The summed E-state index contributed by atoms with van der Waals surface area (Å²) in [5, 5.41) is 0. The Bertz CT molecular complexity index is 731. The number of rotatable bonds is 4. The van der Waals surface area contributed by atoms with E-state index in [9.17, 15) is 8.42 Å². The van der Waals surface area contributed by atoms with Crippen LogP contribution in [0.3, 0.4) is 0 Å². The average Bonchev–Trinajstić information content (AvgIpc) is 2.39. The fourth-order valence-corrected chi connectivity index (χ4v) is 2.83. The normalized spacial score (nSPS) is 11.1. The van der Waals surface area contributed by atoms with E-state index in [4.69, 9.17) is 0 Å². The number of hydrogen-bond acceptors (Lipinski definition) is 2. The van der Waals surface area contributed by atoms with Crippen LogP contribution in [0.5, 0.6) is 0 Å². The third-order valence-electron chi connectivity index (χ3n) is 2.94. The lowest BCUT2D eigenvalue weighted by atomic mass is 10.1. The van der Waals surface area contributed by atoms with Crippen LogP contribution in [0.2, 0.25) is 0 Å². The maximum Gasteiger partial charge on any atom is 0.261 e. The Balaban J connectivity index is 2.31. The molecule has 0 aromatic heterocycles. The summed E-state index contributed by atoms with van der Waals surface area (Å²) in [7, 11) is -3.55. The van der Waals surface area contributed by atoms with Gasteiger partial charge in [0.2, 0.25) is 0 Å². The zero-order valence-corrected chi connectivity index (χ0v) is 12.4. The first-order valence-corrected chi connectivity index (χ1v) is 7.72. The molecular formula is C16H17NO2S. The summed E-state index contributed by atoms with van der Waals surface area (Å²) in [6.45, 7) is 7.65. The van der Waals surface area contributed by atoms with E-state index in [0.29, 0.717) is 5.69 Å². The molecule has 104 valence electrons. The molecule has 0 amide bonds. The van der Waals surface area contributed by atoms with Gasteiger partial charge in [-0.25, -0.2) is 8.42 Å². The second-order valence-electron chi connectivity index (χ2n) is 4.78. The standard InChI is InChI=1S/C16H17NO2S/c1-12(2)14-5-4-6-15(11-14)17-20(18,19)16-9-7-13(3)8-10-16/h4-11,17H,1H2,2-3H3. The lowest BCUT2D eigenvalue weighted by Crippen LogP contribution is -2.12. The van der Waals surface area contributed by atoms with E-state index in [0.717, 1.165) is 16.7 Å². The molecule has 0 fully saturated rings. The molecule has 0 spiro atoms. The number of allylic oxidation sites excluding steroid dienone is 1. The highest BCUT2D eigenvalue weighted by atomic mass is 32.2. The molecule has 0 aliphatic carbocycles. The number of benzene rings is 2. The van der Waals surface area contributed by atoms with E-state index >= 15 is 0 Å². The van der Waals surface area contributed by atoms with Crippen LogP contribution in [0.4, 0.5) is 5.69 Å². The summed E-state index contributed by atoms with van der Waals surface area (Å²) in [5.74, 6) is 0. The molecule has 2 aromatic rings.